The largest absolute Gasteiger partial charge is 0.493 e. The van der Waals surface area contributed by atoms with Crippen LogP contribution >= 0.6 is 0 Å². The molecular formula is C18H20N2O6. The van der Waals surface area contributed by atoms with Crippen LogP contribution in [0, 0.1) is 6.92 Å². The van der Waals surface area contributed by atoms with Crippen LogP contribution in [0.3, 0.4) is 0 Å². The monoisotopic (exact) mass is 360 g/mol. The molecule has 8 nitrogen and oxygen atoms in total. The zero-order chi connectivity index (χ0) is 19.0. The fraction of sp³-hybridized carbons (Fsp3) is 0.333. The van der Waals surface area contributed by atoms with Crippen LogP contribution < -0.4 is 14.8 Å². The second-order valence-corrected chi connectivity index (χ2v) is 5.83. The van der Waals surface area contributed by atoms with Crippen molar-refractivity contribution < 1.29 is 28.2 Å². The van der Waals surface area contributed by atoms with Crippen molar-refractivity contribution in [3.63, 3.8) is 0 Å². The number of ether oxygens (including phenoxy) is 3. The molecule has 8 heteroatoms. The highest BCUT2D eigenvalue weighted by Gasteiger charge is 2.34. The summed E-state index contributed by atoms with van der Waals surface area (Å²) in [5.41, 5.74) is 1.37. The number of nitrogens with one attached hydrogen (secondary N) is 1. The maximum Gasteiger partial charge on any atom is 0.341 e. The highest BCUT2D eigenvalue weighted by molar-refractivity contribution is 6.02. The molecule has 1 amide bonds. The summed E-state index contributed by atoms with van der Waals surface area (Å²) in [7, 11) is 5.99. The Morgan fingerprint density at radius 3 is 2.42 bits per heavy atom. The maximum absolute atomic E-state index is 12.8. The SMILES string of the molecule is COC(=O)c1cc(C2Nc3cc(OC)c(OC)cc3C(=O)N2C)oc1C. The number of amides is 1. The smallest absolute Gasteiger partial charge is 0.341 e. The average Bonchev–Trinajstić information content (AvgIpc) is 3.04. The van der Waals surface area contributed by atoms with Gasteiger partial charge in [0.15, 0.2) is 17.7 Å². The first-order valence-corrected chi connectivity index (χ1v) is 7.89. The average molecular weight is 360 g/mol. The molecule has 0 bridgehead atoms. The number of nitrogens with zero attached hydrogens (tertiary/aromatic N) is 1. The number of benzene rings is 1. The zero-order valence-electron chi connectivity index (χ0n) is 15.2. The van der Waals surface area contributed by atoms with Gasteiger partial charge in [0, 0.05) is 13.1 Å². The normalized spacial score (nSPS) is 16.0. The second kappa shape index (κ2) is 6.62. The highest BCUT2D eigenvalue weighted by atomic mass is 16.5. The van der Waals surface area contributed by atoms with Gasteiger partial charge in [-0.15, -0.1) is 0 Å². The molecule has 2 aromatic rings. The molecule has 26 heavy (non-hydrogen) atoms. The number of carbonyl (C=O) groups is 2. The molecule has 0 radical (unpaired) electrons. The van der Waals surface area contributed by atoms with Crippen molar-refractivity contribution in [3.8, 4) is 11.5 Å². The minimum Gasteiger partial charge on any atom is -0.493 e. The molecular weight excluding hydrogens is 340 g/mol. The highest BCUT2D eigenvalue weighted by Crippen LogP contribution is 2.39. The minimum absolute atomic E-state index is 0.210. The summed E-state index contributed by atoms with van der Waals surface area (Å²) in [6, 6.07) is 4.90. The van der Waals surface area contributed by atoms with Gasteiger partial charge in [-0.05, 0) is 19.1 Å². The Balaban J connectivity index is 2.03. The zero-order valence-corrected chi connectivity index (χ0v) is 15.2. The van der Waals surface area contributed by atoms with E-state index in [0.717, 1.165) is 0 Å². The van der Waals surface area contributed by atoms with E-state index in [4.69, 9.17) is 18.6 Å². The number of furan rings is 1. The fourth-order valence-electron chi connectivity index (χ4n) is 2.94. The first kappa shape index (κ1) is 17.7. The standard InChI is InChI=1S/C18H20N2O6/c1-9-10(18(22)25-5)6-15(26-9)16-19-12-8-14(24-4)13(23-3)7-11(12)17(21)20(16)2/h6-8,16,19H,1-5H3. The summed E-state index contributed by atoms with van der Waals surface area (Å²) in [5, 5.41) is 3.24. The summed E-state index contributed by atoms with van der Waals surface area (Å²) in [6.07, 6.45) is -0.579. The van der Waals surface area contributed by atoms with E-state index in [9.17, 15) is 9.59 Å². The summed E-state index contributed by atoms with van der Waals surface area (Å²) >= 11 is 0. The molecule has 138 valence electrons. The van der Waals surface area contributed by atoms with E-state index in [1.807, 2.05) is 0 Å². The molecule has 1 unspecified atom stereocenters. The molecule has 0 aliphatic carbocycles. The number of rotatable bonds is 4. The van der Waals surface area contributed by atoms with Gasteiger partial charge in [0.05, 0.1) is 32.6 Å². The minimum atomic E-state index is -0.579. The van der Waals surface area contributed by atoms with E-state index < -0.39 is 12.1 Å². The molecule has 0 fully saturated rings. The van der Waals surface area contributed by atoms with Crippen LogP contribution in [0.4, 0.5) is 5.69 Å². The van der Waals surface area contributed by atoms with Crippen molar-refractivity contribution in [2.45, 2.75) is 13.1 Å². The molecule has 0 saturated heterocycles. The van der Waals surface area contributed by atoms with Crippen molar-refractivity contribution in [1.29, 1.82) is 0 Å². The number of anilines is 1. The van der Waals surface area contributed by atoms with Crippen molar-refractivity contribution >= 4 is 17.6 Å². The fourth-order valence-corrected chi connectivity index (χ4v) is 2.94. The number of aryl methyl sites for hydroxylation is 1. The second-order valence-electron chi connectivity index (χ2n) is 5.83. The molecule has 1 aromatic heterocycles. The van der Waals surface area contributed by atoms with Gasteiger partial charge >= 0.3 is 5.97 Å². The number of fused-ring (bicyclic) bond motifs is 1. The molecule has 3 rings (SSSR count). The van der Waals surface area contributed by atoms with Crippen molar-refractivity contribution in [3.05, 3.63) is 40.8 Å². The lowest BCUT2D eigenvalue weighted by atomic mass is 10.1. The summed E-state index contributed by atoms with van der Waals surface area (Å²) in [5.74, 6) is 1.12. The van der Waals surface area contributed by atoms with E-state index in [1.54, 1.807) is 32.2 Å². The molecule has 2 heterocycles. The molecule has 0 saturated carbocycles. The topological polar surface area (TPSA) is 90.2 Å². The first-order chi connectivity index (χ1) is 12.4. The van der Waals surface area contributed by atoms with Crippen LogP contribution in [0.25, 0.3) is 0 Å². The van der Waals surface area contributed by atoms with Gasteiger partial charge < -0.3 is 28.8 Å². The number of hydrogen-bond donors (Lipinski definition) is 1. The molecule has 1 N–H and O–H groups in total. The van der Waals surface area contributed by atoms with Gasteiger partial charge in [0.25, 0.3) is 5.91 Å². The quantitative estimate of drug-likeness (QED) is 0.838. The van der Waals surface area contributed by atoms with Crippen LogP contribution in [0.2, 0.25) is 0 Å². The van der Waals surface area contributed by atoms with Crippen LogP contribution in [-0.4, -0.2) is 45.2 Å². The van der Waals surface area contributed by atoms with Crippen LogP contribution in [0.15, 0.2) is 22.6 Å². The Kier molecular flexibility index (Phi) is 4.50. The summed E-state index contributed by atoms with van der Waals surface area (Å²) < 4.78 is 21.0. The van der Waals surface area contributed by atoms with Gasteiger partial charge in [-0.3, -0.25) is 4.79 Å². The third kappa shape index (κ3) is 2.73. The molecule has 0 spiro atoms. The lowest BCUT2D eigenvalue weighted by Crippen LogP contribution is -2.40. The van der Waals surface area contributed by atoms with Crippen molar-refractivity contribution in [2.75, 3.05) is 33.7 Å². The Hall–Kier alpha value is -3.16. The van der Waals surface area contributed by atoms with Gasteiger partial charge in [0.1, 0.15) is 17.1 Å². The van der Waals surface area contributed by atoms with Crippen molar-refractivity contribution in [2.24, 2.45) is 0 Å². The van der Waals surface area contributed by atoms with E-state index in [1.165, 1.54) is 26.2 Å². The van der Waals surface area contributed by atoms with E-state index in [0.29, 0.717) is 39.8 Å². The summed E-state index contributed by atoms with van der Waals surface area (Å²) in [4.78, 5) is 26.1. The van der Waals surface area contributed by atoms with Crippen LogP contribution in [0.1, 0.15) is 38.4 Å². The predicted molar refractivity (Wildman–Crippen MR) is 92.8 cm³/mol. The van der Waals surface area contributed by atoms with E-state index in [-0.39, 0.29) is 5.91 Å². The van der Waals surface area contributed by atoms with Crippen molar-refractivity contribution in [1.82, 2.24) is 4.90 Å². The van der Waals surface area contributed by atoms with Crippen LogP contribution in [0.5, 0.6) is 11.5 Å². The van der Waals surface area contributed by atoms with E-state index in [2.05, 4.69) is 5.32 Å². The van der Waals surface area contributed by atoms with Gasteiger partial charge in [0.2, 0.25) is 0 Å². The lowest BCUT2D eigenvalue weighted by molar-refractivity contribution is 0.0598. The predicted octanol–water partition coefficient (Wildman–Crippen LogP) is 2.59. The Morgan fingerprint density at radius 2 is 1.81 bits per heavy atom. The van der Waals surface area contributed by atoms with Gasteiger partial charge in [-0.25, -0.2) is 4.79 Å². The third-order valence-electron chi connectivity index (χ3n) is 4.37. The number of methoxy groups -OCH3 is 3. The van der Waals surface area contributed by atoms with E-state index >= 15 is 0 Å². The van der Waals surface area contributed by atoms with Gasteiger partial charge in [-0.2, -0.15) is 0 Å². The number of carbonyl (C=O) groups excluding carboxylic acids is 2. The number of hydrogen-bond acceptors (Lipinski definition) is 7. The lowest BCUT2D eigenvalue weighted by Gasteiger charge is -2.34. The summed E-state index contributed by atoms with van der Waals surface area (Å²) in [6.45, 7) is 1.67. The number of esters is 1. The van der Waals surface area contributed by atoms with Gasteiger partial charge in [-0.1, -0.05) is 0 Å². The molecule has 1 aliphatic heterocycles. The van der Waals surface area contributed by atoms with Crippen LogP contribution in [-0.2, 0) is 4.74 Å². The Bertz CT molecular complexity index is 873. The molecule has 1 aromatic carbocycles. The Labute approximate surface area is 150 Å². The molecule has 1 aliphatic rings. The maximum atomic E-state index is 12.8. The first-order valence-electron chi connectivity index (χ1n) is 7.89. The third-order valence-corrected chi connectivity index (χ3v) is 4.37. The molecule has 1 atom stereocenters. The Morgan fingerprint density at radius 1 is 1.15 bits per heavy atom.